The fraction of sp³-hybridized carbons (Fsp3) is 0.0769. The van der Waals surface area contributed by atoms with E-state index in [0.717, 1.165) is 82.2 Å². The number of pyridine rings is 2. The quantitative estimate of drug-likeness (QED) is 0.0983. The third-order valence-corrected chi connectivity index (χ3v) is 19.5. The Bertz CT molecular complexity index is 6040. The van der Waals surface area contributed by atoms with Crippen LogP contribution in [0.25, 0.3) is 162 Å². The topological polar surface area (TPSA) is 61.8 Å². The number of fused-ring (bicyclic) bond motifs is 16. The van der Waals surface area contributed by atoms with Crippen molar-refractivity contribution in [1.82, 2.24) is 18.8 Å². The summed E-state index contributed by atoms with van der Waals surface area (Å²) in [5, 5.41) is 22.3. The summed E-state index contributed by atoms with van der Waals surface area (Å²) >= 11 is 3.64. The minimum absolute atomic E-state index is 0.399. The average molecular weight is 1190 g/mol. The average Bonchev–Trinajstić information content (AvgIpc) is 1.48. The summed E-state index contributed by atoms with van der Waals surface area (Å²) in [6.07, 6.45) is 0. The molecule has 88 heavy (non-hydrogen) atoms. The Hall–Kier alpha value is -10.5. The van der Waals surface area contributed by atoms with Crippen LogP contribution < -0.4 is 5.46 Å². The highest BCUT2D eigenvalue weighted by molar-refractivity contribution is 9.10. The normalized spacial score (nSPS) is 14.0. The maximum absolute atomic E-state index is 7.63. The molecule has 0 saturated carbocycles. The molecule has 414 valence electrons. The lowest BCUT2D eigenvalue weighted by atomic mass is 9.78. The van der Waals surface area contributed by atoms with Gasteiger partial charge in [-0.05, 0) is 174 Å². The third kappa shape index (κ3) is 7.76. The van der Waals surface area contributed by atoms with E-state index in [1.807, 2.05) is 60.7 Å². The van der Waals surface area contributed by atoms with Gasteiger partial charge in [0.25, 0.3) is 0 Å². The monoisotopic (exact) mass is 1190 g/mol. The molecule has 4 aromatic heterocycles. The largest absolute Gasteiger partial charge is 0.494 e. The Morgan fingerprint density at radius 3 is 1.36 bits per heavy atom. The lowest BCUT2D eigenvalue weighted by molar-refractivity contribution is 0.00578. The number of hydrogen-bond donors (Lipinski definition) is 0. The lowest BCUT2D eigenvalue weighted by Crippen LogP contribution is -2.41. The van der Waals surface area contributed by atoms with Gasteiger partial charge < -0.3 is 9.31 Å². The molecule has 5 heterocycles. The molecule has 0 aliphatic carbocycles. The van der Waals surface area contributed by atoms with E-state index in [1.165, 1.54) is 80.2 Å². The van der Waals surface area contributed by atoms with Crippen LogP contribution in [0.5, 0.6) is 0 Å². The fourth-order valence-corrected chi connectivity index (χ4v) is 14.3. The van der Waals surface area contributed by atoms with Crippen molar-refractivity contribution in [2.45, 2.75) is 38.9 Å². The fourth-order valence-electron chi connectivity index (χ4n) is 13.8. The van der Waals surface area contributed by atoms with Crippen LogP contribution in [0.2, 0.25) is 0 Å². The highest BCUT2D eigenvalue weighted by atomic mass is 79.9. The predicted molar refractivity (Wildman–Crippen MR) is 371 cm³/mol. The molecule has 1 saturated heterocycles. The van der Waals surface area contributed by atoms with Gasteiger partial charge in [0.05, 0.1) is 46.4 Å². The minimum Gasteiger partial charge on any atom is -0.399 e. The lowest BCUT2D eigenvalue weighted by Gasteiger charge is -2.32. The van der Waals surface area contributed by atoms with Crippen LogP contribution in [0.15, 0.2) is 235 Å². The van der Waals surface area contributed by atoms with Gasteiger partial charge in [0.2, 0.25) is 0 Å². The summed E-state index contributed by atoms with van der Waals surface area (Å²) in [4.78, 5) is 17.4. The molecular weight excluding hydrogens is 1140 g/mol. The summed E-state index contributed by atoms with van der Waals surface area (Å²) in [5.74, 6) is 0. The zero-order valence-corrected chi connectivity index (χ0v) is 50.0. The van der Waals surface area contributed by atoms with Crippen LogP contribution in [0, 0.1) is 13.1 Å². The maximum Gasteiger partial charge on any atom is 0.494 e. The second-order valence-electron chi connectivity index (χ2n) is 24.2. The van der Waals surface area contributed by atoms with Crippen molar-refractivity contribution in [3.63, 3.8) is 0 Å². The summed E-state index contributed by atoms with van der Waals surface area (Å²) in [5.41, 5.74) is 11.6. The van der Waals surface area contributed by atoms with E-state index in [9.17, 15) is 0 Å². The zero-order chi connectivity index (χ0) is 59.3. The second-order valence-corrected chi connectivity index (χ2v) is 25.0. The highest BCUT2D eigenvalue weighted by Gasteiger charge is 2.51. The van der Waals surface area contributed by atoms with Crippen LogP contribution in [-0.4, -0.2) is 37.1 Å². The van der Waals surface area contributed by atoms with E-state index in [-0.39, 0.29) is 0 Å². The first-order chi connectivity index (χ1) is 42.9. The molecule has 1 aliphatic heterocycles. The van der Waals surface area contributed by atoms with E-state index in [1.54, 1.807) is 0 Å². The third-order valence-electron chi connectivity index (χ3n) is 18.8. The summed E-state index contributed by atoms with van der Waals surface area (Å²) in [6.45, 7) is 23.4. The first kappa shape index (κ1) is 51.9. The summed E-state index contributed by atoms with van der Waals surface area (Å²) in [6, 6.07) is 80.9. The smallest absolute Gasteiger partial charge is 0.399 e. The SMILES string of the molecule is Brc1ccc2ccc3cccc4ccc1c2c34.[C-]#[N+]c1ccc2c3cc(-c4ccc5ccc6cccc7ccc4c5c67)ccc3c3nc4ccccc4n3c2c1.[C-]#[N+]c1ccc2c3cc(B4OC(C)(C)C(C)(C)O4)ccc3c3nc4ccccc4n3c2c1. The number of halogens is 1. The number of aromatic nitrogens is 4. The van der Waals surface area contributed by atoms with Crippen molar-refractivity contribution in [2.24, 2.45) is 0 Å². The first-order valence-corrected chi connectivity index (χ1v) is 30.3. The van der Waals surface area contributed by atoms with Crippen LogP contribution in [0.3, 0.4) is 0 Å². The predicted octanol–water partition coefficient (Wildman–Crippen LogP) is 20.9. The number of hydrogen-bond acceptors (Lipinski definition) is 4. The van der Waals surface area contributed by atoms with Crippen LogP contribution in [0.1, 0.15) is 27.7 Å². The molecular formula is C78H50BBrN6O2. The highest BCUT2D eigenvalue weighted by Crippen LogP contribution is 2.44. The number of para-hydroxylation sites is 4. The van der Waals surface area contributed by atoms with Gasteiger partial charge in [-0.1, -0.05) is 192 Å². The number of rotatable bonds is 2. The molecule has 0 spiro atoms. The van der Waals surface area contributed by atoms with Gasteiger partial charge in [-0.25, -0.2) is 19.7 Å². The molecule has 10 heteroatoms. The molecule has 0 amide bonds. The molecule has 19 rings (SSSR count). The second kappa shape index (κ2) is 19.3. The number of benzene rings is 14. The molecule has 0 unspecified atom stereocenters. The Labute approximate surface area is 514 Å². The molecule has 14 aromatic carbocycles. The standard InChI is InChI=1S/C36H19N3.C26H22BN3O2.C16H9Br/c1-37-25-14-18-27-30-19-24(13-17-29(30)36-38-31-7-2-3-8-32(31)39(36)33(27)20-25)26-15-11-23-10-9-21-5-4-6-22-12-16-28(26)35(23)34(21)22;1-25(2)26(3,4)32-27(31-25)16-10-12-19-20(14-16)18-13-11-17(28-5)15-23(18)30-22-9-7-6-8-21(22)29-24(19)30;17-14-9-7-12-5-4-10-2-1-3-11-6-8-13(14)16(12)15(10)11/h2-20H;6-15H,1-4H3;1-9H. The number of imidazole rings is 2. The van der Waals surface area contributed by atoms with Crippen molar-refractivity contribution in [3.8, 4) is 11.1 Å². The first-order valence-electron chi connectivity index (χ1n) is 29.5. The van der Waals surface area contributed by atoms with Gasteiger partial charge in [-0.2, -0.15) is 0 Å². The Morgan fingerprint density at radius 2 is 0.818 bits per heavy atom. The molecule has 0 N–H and O–H groups in total. The van der Waals surface area contributed by atoms with Gasteiger partial charge >= 0.3 is 7.12 Å². The molecule has 1 fully saturated rings. The molecule has 1 aliphatic rings. The molecule has 0 atom stereocenters. The van der Waals surface area contributed by atoms with Gasteiger partial charge in [-0.15, -0.1) is 0 Å². The van der Waals surface area contributed by atoms with Crippen LogP contribution in [0.4, 0.5) is 11.4 Å². The minimum atomic E-state index is -0.433. The van der Waals surface area contributed by atoms with Crippen LogP contribution >= 0.6 is 15.9 Å². The van der Waals surface area contributed by atoms with Crippen molar-refractivity contribution in [1.29, 1.82) is 0 Å². The van der Waals surface area contributed by atoms with E-state index in [4.69, 9.17) is 32.4 Å². The molecule has 0 bridgehead atoms. The summed E-state index contributed by atoms with van der Waals surface area (Å²) in [7, 11) is -0.433. The number of nitrogens with zero attached hydrogens (tertiary/aromatic N) is 6. The summed E-state index contributed by atoms with van der Waals surface area (Å²) < 4.78 is 18.1. The van der Waals surface area contributed by atoms with Gasteiger partial charge in [-0.3, -0.25) is 8.80 Å². The molecule has 0 radical (unpaired) electrons. The van der Waals surface area contributed by atoms with Crippen molar-refractivity contribution < 1.29 is 9.31 Å². The van der Waals surface area contributed by atoms with Crippen molar-refractivity contribution in [2.75, 3.05) is 0 Å². The van der Waals surface area contributed by atoms with E-state index >= 15 is 0 Å². The molecule has 8 nitrogen and oxygen atoms in total. The zero-order valence-electron chi connectivity index (χ0n) is 48.4. The van der Waals surface area contributed by atoms with E-state index < -0.39 is 18.3 Å². The van der Waals surface area contributed by atoms with Gasteiger partial charge in [0, 0.05) is 37.1 Å². The van der Waals surface area contributed by atoms with Gasteiger partial charge in [0.15, 0.2) is 11.4 Å². The Balaban J connectivity index is 0.000000110. The van der Waals surface area contributed by atoms with Crippen molar-refractivity contribution in [3.05, 3.63) is 258 Å². The molecule has 18 aromatic rings. The van der Waals surface area contributed by atoms with E-state index in [0.29, 0.717) is 11.4 Å². The Kier molecular flexibility index (Phi) is 11.4. The Morgan fingerprint density at radius 1 is 0.386 bits per heavy atom. The van der Waals surface area contributed by atoms with Crippen molar-refractivity contribution >= 4 is 181 Å². The van der Waals surface area contributed by atoms with Crippen LogP contribution in [-0.2, 0) is 9.31 Å². The van der Waals surface area contributed by atoms with E-state index in [2.05, 4.69) is 232 Å². The van der Waals surface area contributed by atoms with Gasteiger partial charge in [0.1, 0.15) is 11.3 Å². The maximum atomic E-state index is 7.63.